The monoisotopic (exact) mass is 176 g/mol. The standard InChI is InChI=1S/C10H12N2O/c11-9(6-13)7-1-2-10-8(5-7)3-4-12-10/h1-5,9,12-13H,6,11H2. The summed E-state index contributed by atoms with van der Waals surface area (Å²) >= 11 is 0. The van der Waals surface area contributed by atoms with Crippen LogP contribution >= 0.6 is 0 Å². The summed E-state index contributed by atoms with van der Waals surface area (Å²) in [5, 5.41) is 10.0. The number of fused-ring (bicyclic) bond motifs is 1. The number of nitrogens with one attached hydrogen (secondary N) is 1. The zero-order chi connectivity index (χ0) is 9.26. The number of hydrogen-bond acceptors (Lipinski definition) is 2. The second-order valence-electron chi connectivity index (χ2n) is 3.11. The van der Waals surface area contributed by atoms with Gasteiger partial charge in [0.1, 0.15) is 0 Å². The number of nitrogens with two attached hydrogens (primary N) is 1. The number of H-pyrrole nitrogens is 1. The van der Waals surface area contributed by atoms with Gasteiger partial charge in [-0.3, -0.25) is 0 Å². The van der Waals surface area contributed by atoms with Crippen molar-refractivity contribution < 1.29 is 5.11 Å². The molecule has 0 fully saturated rings. The van der Waals surface area contributed by atoms with Crippen molar-refractivity contribution in [3.05, 3.63) is 36.0 Å². The lowest BCUT2D eigenvalue weighted by molar-refractivity contribution is 0.268. The molecule has 13 heavy (non-hydrogen) atoms. The Morgan fingerprint density at radius 2 is 2.23 bits per heavy atom. The SMILES string of the molecule is NC(CO)c1ccc2[nH]ccc2c1. The molecule has 1 unspecified atom stereocenters. The van der Waals surface area contributed by atoms with Gasteiger partial charge in [0.25, 0.3) is 0 Å². The molecule has 3 heteroatoms. The molecule has 0 aliphatic rings. The van der Waals surface area contributed by atoms with Crippen LogP contribution in [0.3, 0.4) is 0 Å². The first-order valence-electron chi connectivity index (χ1n) is 4.25. The van der Waals surface area contributed by atoms with Gasteiger partial charge in [0.2, 0.25) is 0 Å². The average molecular weight is 176 g/mol. The molecule has 3 nitrogen and oxygen atoms in total. The Kier molecular flexibility index (Phi) is 2.04. The van der Waals surface area contributed by atoms with Crippen molar-refractivity contribution in [2.75, 3.05) is 6.61 Å². The van der Waals surface area contributed by atoms with E-state index in [1.165, 1.54) is 0 Å². The number of aliphatic hydroxyl groups is 1. The van der Waals surface area contributed by atoms with E-state index in [-0.39, 0.29) is 12.6 Å². The average Bonchev–Trinajstić information content (AvgIpc) is 2.63. The summed E-state index contributed by atoms with van der Waals surface area (Å²) in [6, 6.07) is 7.61. The molecule has 0 saturated heterocycles. The summed E-state index contributed by atoms with van der Waals surface area (Å²) < 4.78 is 0. The zero-order valence-corrected chi connectivity index (χ0v) is 7.20. The number of aromatic nitrogens is 1. The number of aliphatic hydroxyl groups excluding tert-OH is 1. The van der Waals surface area contributed by atoms with E-state index in [4.69, 9.17) is 10.8 Å². The fourth-order valence-electron chi connectivity index (χ4n) is 1.41. The minimum Gasteiger partial charge on any atom is -0.394 e. The van der Waals surface area contributed by atoms with Crippen LogP contribution in [-0.2, 0) is 0 Å². The van der Waals surface area contributed by atoms with Gasteiger partial charge in [-0.1, -0.05) is 6.07 Å². The van der Waals surface area contributed by atoms with Gasteiger partial charge in [0, 0.05) is 11.7 Å². The second kappa shape index (κ2) is 3.20. The van der Waals surface area contributed by atoms with E-state index >= 15 is 0 Å². The molecular weight excluding hydrogens is 164 g/mol. The third-order valence-electron chi connectivity index (χ3n) is 2.20. The molecule has 0 spiro atoms. The summed E-state index contributed by atoms with van der Waals surface area (Å²) in [4.78, 5) is 3.10. The van der Waals surface area contributed by atoms with E-state index in [9.17, 15) is 0 Å². The predicted molar refractivity (Wildman–Crippen MR) is 52.3 cm³/mol. The van der Waals surface area contributed by atoms with Crippen LogP contribution in [0.25, 0.3) is 10.9 Å². The van der Waals surface area contributed by atoms with E-state index in [2.05, 4.69) is 4.98 Å². The van der Waals surface area contributed by atoms with Crippen molar-refractivity contribution in [1.82, 2.24) is 4.98 Å². The smallest absolute Gasteiger partial charge is 0.0624 e. The van der Waals surface area contributed by atoms with E-state index in [0.717, 1.165) is 16.5 Å². The van der Waals surface area contributed by atoms with Gasteiger partial charge in [0.15, 0.2) is 0 Å². The molecule has 1 atom stereocenters. The first-order valence-corrected chi connectivity index (χ1v) is 4.25. The molecule has 0 bridgehead atoms. The lowest BCUT2D eigenvalue weighted by atomic mass is 10.1. The maximum absolute atomic E-state index is 8.88. The molecule has 1 aromatic carbocycles. The number of hydrogen-bond donors (Lipinski definition) is 3. The highest BCUT2D eigenvalue weighted by Crippen LogP contribution is 2.17. The summed E-state index contributed by atoms with van der Waals surface area (Å²) in [6.45, 7) is -0.0179. The summed E-state index contributed by atoms with van der Waals surface area (Å²) in [6.07, 6.45) is 1.89. The molecule has 68 valence electrons. The Morgan fingerprint density at radius 1 is 1.38 bits per heavy atom. The second-order valence-corrected chi connectivity index (χ2v) is 3.11. The maximum atomic E-state index is 8.88. The number of aromatic amines is 1. The Balaban J connectivity index is 2.48. The van der Waals surface area contributed by atoms with Crippen molar-refractivity contribution in [3.63, 3.8) is 0 Å². The van der Waals surface area contributed by atoms with Crippen molar-refractivity contribution in [1.29, 1.82) is 0 Å². The van der Waals surface area contributed by atoms with Crippen LogP contribution in [0.2, 0.25) is 0 Å². The first-order chi connectivity index (χ1) is 6.31. The molecule has 1 aromatic heterocycles. The van der Waals surface area contributed by atoms with Gasteiger partial charge in [-0.2, -0.15) is 0 Å². The topological polar surface area (TPSA) is 62.0 Å². The molecule has 0 aliphatic heterocycles. The maximum Gasteiger partial charge on any atom is 0.0624 e. The van der Waals surface area contributed by atoms with Crippen molar-refractivity contribution in [3.8, 4) is 0 Å². The minimum absolute atomic E-state index is 0.0179. The molecule has 2 rings (SSSR count). The zero-order valence-electron chi connectivity index (χ0n) is 7.20. The molecular formula is C10H12N2O. The summed E-state index contributed by atoms with van der Waals surface area (Å²) in [5.41, 5.74) is 7.75. The highest BCUT2D eigenvalue weighted by molar-refractivity contribution is 5.80. The Labute approximate surface area is 76.2 Å². The fourth-order valence-corrected chi connectivity index (χ4v) is 1.41. The predicted octanol–water partition coefficient (Wildman–Crippen LogP) is 1.16. The highest BCUT2D eigenvalue weighted by atomic mass is 16.3. The van der Waals surface area contributed by atoms with Gasteiger partial charge in [-0.25, -0.2) is 0 Å². The highest BCUT2D eigenvalue weighted by Gasteiger charge is 2.04. The van der Waals surface area contributed by atoms with Crippen molar-refractivity contribution in [2.45, 2.75) is 6.04 Å². The van der Waals surface area contributed by atoms with Crippen LogP contribution in [0.15, 0.2) is 30.5 Å². The Hall–Kier alpha value is -1.32. The van der Waals surface area contributed by atoms with Crippen LogP contribution < -0.4 is 5.73 Å². The van der Waals surface area contributed by atoms with Gasteiger partial charge < -0.3 is 15.8 Å². The lowest BCUT2D eigenvalue weighted by Gasteiger charge is -2.07. The fraction of sp³-hybridized carbons (Fsp3) is 0.200. The molecule has 2 aromatic rings. The number of rotatable bonds is 2. The van der Waals surface area contributed by atoms with Gasteiger partial charge in [-0.15, -0.1) is 0 Å². The first kappa shape index (κ1) is 8.29. The largest absolute Gasteiger partial charge is 0.394 e. The van der Waals surface area contributed by atoms with E-state index in [1.54, 1.807) is 0 Å². The van der Waals surface area contributed by atoms with E-state index in [1.807, 2.05) is 30.5 Å². The molecule has 4 N–H and O–H groups in total. The molecule has 0 saturated carbocycles. The van der Waals surface area contributed by atoms with Crippen LogP contribution in [0.5, 0.6) is 0 Å². The Bertz CT molecular complexity index is 408. The Morgan fingerprint density at radius 3 is 3.00 bits per heavy atom. The van der Waals surface area contributed by atoms with E-state index < -0.39 is 0 Å². The normalized spacial score (nSPS) is 13.4. The third kappa shape index (κ3) is 1.43. The van der Waals surface area contributed by atoms with E-state index in [0.29, 0.717) is 0 Å². The molecule has 0 radical (unpaired) electrons. The van der Waals surface area contributed by atoms with Crippen LogP contribution in [0.4, 0.5) is 0 Å². The van der Waals surface area contributed by atoms with Crippen LogP contribution in [-0.4, -0.2) is 16.7 Å². The molecule has 1 heterocycles. The quantitative estimate of drug-likeness (QED) is 0.643. The van der Waals surface area contributed by atoms with Crippen LogP contribution in [0.1, 0.15) is 11.6 Å². The summed E-state index contributed by atoms with van der Waals surface area (Å²) in [7, 11) is 0. The van der Waals surface area contributed by atoms with Gasteiger partial charge >= 0.3 is 0 Å². The third-order valence-corrected chi connectivity index (χ3v) is 2.20. The molecule has 0 amide bonds. The van der Waals surface area contributed by atoms with Crippen LogP contribution in [0, 0.1) is 0 Å². The van der Waals surface area contributed by atoms with Gasteiger partial charge in [0.05, 0.1) is 12.6 Å². The lowest BCUT2D eigenvalue weighted by Crippen LogP contribution is -2.14. The van der Waals surface area contributed by atoms with Gasteiger partial charge in [-0.05, 0) is 29.1 Å². The number of benzene rings is 1. The van der Waals surface area contributed by atoms with Crippen molar-refractivity contribution in [2.24, 2.45) is 5.73 Å². The summed E-state index contributed by atoms with van der Waals surface area (Å²) in [5.74, 6) is 0. The molecule has 0 aliphatic carbocycles. The minimum atomic E-state index is -0.278. The van der Waals surface area contributed by atoms with Crippen molar-refractivity contribution >= 4 is 10.9 Å².